The van der Waals surface area contributed by atoms with Crippen molar-refractivity contribution < 1.29 is 27.1 Å². The van der Waals surface area contributed by atoms with E-state index in [1.54, 1.807) is 12.3 Å². The van der Waals surface area contributed by atoms with Crippen LogP contribution in [0.1, 0.15) is 18.4 Å². The highest BCUT2D eigenvalue weighted by Gasteiger charge is 2.34. The second-order valence-electron chi connectivity index (χ2n) is 7.28. The normalized spacial score (nSPS) is 22.3. The zero-order chi connectivity index (χ0) is 21.9. The number of anilines is 1. The lowest BCUT2D eigenvalue weighted by atomic mass is 9.98. The van der Waals surface area contributed by atoms with Crippen LogP contribution >= 0.6 is 0 Å². The van der Waals surface area contributed by atoms with Gasteiger partial charge in [-0.25, -0.2) is 17.2 Å². The van der Waals surface area contributed by atoms with Gasteiger partial charge in [-0.2, -0.15) is 5.10 Å². The molecule has 1 aliphatic carbocycles. The molecule has 0 spiro atoms. The first-order valence-corrected chi connectivity index (χ1v) is 11.3. The minimum atomic E-state index is -3.41. The fourth-order valence-electron chi connectivity index (χ4n) is 3.37. The Morgan fingerprint density at radius 2 is 1.87 bits per heavy atom. The average Bonchev–Trinajstić information content (AvgIpc) is 3.25. The number of hydrogen-bond acceptors (Lipinski definition) is 5. The van der Waals surface area contributed by atoms with Gasteiger partial charge in [0.2, 0.25) is 0 Å². The zero-order valence-electron chi connectivity index (χ0n) is 16.3. The number of benzene rings is 1. The molecule has 1 amide bonds. The molecular weight excluding hydrogens is 416 g/mol. The van der Waals surface area contributed by atoms with Gasteiger partial charge in [-0.1, -0.05) is 18.2 Å². The van der Waals surface area contributed by atoms with Crippen molar-refractivity contribution in [2.24, 2.45) is 5.92 Å². The van der Waals surface area contributed by atoms with Crippen molar-refractivity contribution >= 4 is 27.1 Å². The number of aromatic nitrogens is 2. The quantitative estimate of drug-likeness (QED) is 0.645. The Balaban J connectivity index is 1.89. The molecule has 2 atom stereocenters. The number of alkyl halides is 2. The second kappa shape index (κ2) is 9.05. The first kappa shape index (κ1) is 22.1. The third-order valence-corrected chi connectivity index (χ3v) is 6.03. The van der Waals surface area contributed by atoms with E-state index in [2.05, 4.69) is 10.4 Å². The molecular formula is C20H23F2N3O4S. The third kappa shape index (κ3) is 5.31. The number of allylic oxidation sites excluding steroid dienone is 1. The fraction of sp³-hybridized carbons (Fsp3) is 0.400. The molecule has 30 heavy (non-hydrogen) atoms. The maximum absolute atomic E-state index is 13.6. The van der Waals surface area contributed by atoms with Crippen LogP contribution in [0.25, 0.3) is 5.57 Å². The van der Waals surface area contributed by atoms with E-state index in [1.165, 1.54) is 35.0 Å². The van der Waals surface area contributed by atoms with E-state index in [4.69, 9.17) is 5.11 Å². The van der Waals surface area contributed by atoms with Crippen LogP contribution in [-0.4, -0.2) is 54.4 Å². The molecule has 7 nitrogen and oxygen atoms in total. The molecule has 0 bridgehead atoms. The Hall–Kier alpha value is -2.59. The summed E-state index contributed by atoms with van der Waals surface area (Å²) in [7, 11) is -3.41. The van der Waals surface area contributed by atoms with E-state index in [9.17, 15) is 22.0 Å². The molecule has 2 aromatic rings. The van der Waals surface area contributed by atoms with Gasteiger partial charge in [-0.05, 0) is 36.5 Å². The summed E-state index contributed by atoms with van der Waals surface area (Å²) in [5, 5.41) is 15.7. The number of carbonyl (C=O) groups excluding carboxylic acids is 1. The van der Waals surface area contributed by atoms with Crippen LogP contribution in [0.2, 0.25) is 0 Å². The van der Waals surface area contributed by atoms with Gasteiger partial charge in [-0.3, -0.25) is 9.48 Å². The molecule has 0 radical (unpaired) electrons. The fourth-order valence-corrected chi connectivity index (χ4v) is 4.00. The summed E-state index contributed by atoms with van der Waals surface area (Å²) in [5.74, 6) is -0.739. The number of hydrogen-bond donors (Lipinski definition) is 2. The first-order valence-electron chi connectivity index (χ1n) is 9.43. The van der Waals surface area contributed by atoms with Gasteiger partial charge in [0.1, 0.15) is 12.3 Å². The van der Waals surface area contributed by atoms with Crippen molar-refractivity contribution in [1.29, 1.82) is 0 Å². The van der Waals surface area contributed by atoms with Gasteiger partial charge in [-0.15, -0.1) is 0 Å². The van der Waals surface area contributed by atoms with E-state index >= 15 is 0 Å². The smallest absolute Gasteiger partial charge is 0.257 e. The molecule has 1 fully saturated rings. The summed E-state index contributed by atoms with van der Waals surface area (Å²) in [5.41, 5.74) is 0.602. The van der Waals surface area contributed by atoms with Crippen LogP contribution in [0.15, 0.2) is 47.5 Å². The molecule has 10 heteroatoms. The summed E-state index contributed by atoms with van der Waals surface area (Å²) in [4.78, 5) is 13.0. The number of nitrogens with one attached hydrogen (secondary N) is 1. The molecule has 162 valence electrons. The third-order valence-electron chi connectivity index (χ3n) is 4.90. The molecule has 1 aromatic carbocycles. The number of carbonyl (C=O) groups is 1. The molecule has 1 aromatic heterocycles. The minimum absolute atomic E-state index is 0.0233. The maximum atomic E-state index is 13.6. The minimum Gasteiger partial charge on any atom is -0.394 e. The van der Waals surface area contributed by atoms with E-state index in [0.29, 0.717) is 5.56 Å². The Morgan fingerprint density at radius 1 is 1.23 bits per heavy atom. The maximum Gasteiger partial charge on any atom is 0.257 e. The molecule has 0 saturated heterocycles. The van der Waals surface area contributed by atoms with Crippen molar-refractivity contribution in [2.75, 3.05) is 18.2 Å². The standard InChI is InChI=1S/C20H23F2N3O4S/c1-30(28,29)15-4-2-14(3-5-15)16(10-13-11-17(21)18(22)12-13)20(27)23-19-6-7-25(24-19)8-9-26/h2-7,10,13,17-18,26H,8-9,11-12H2,1H3,(H,23,24,27)/b16-10+. The molecule has 3 rings (SSSR count). The highest BCUT2D eigenvalue weighted by molar-refractivity contribution is 7.90. The van der Waals surface area contributed by atoms with E-state index in [0.717, 1.165) is 6.26 Å². The monoisotopic (exact) mass is 439 g/mol. The van der Waals surface area contributed by atoms with Gasteiger partial charge in [0.05, 0.1) is 18.0 Å². The predicted molar refractivity (Wildman–Crippen MR) is 108 cm³/mol. The number of halogens is 2. The zero-order valence-corrected chi connectivity index (χ0v) is 17.1. The van der Waals surface area contributed by atoms with Crippen LogP contribution in [0.5, 0.6) is 0 Å². The number of amides is 1. The number of nitrogens with zero attached hydrogens (tertiary/aromatic N) is 2. The van der Waals surface area contributed by atoms with Gasteiger partial charge >= 0.3 is 0 Å². The topological polar surface area (TPSA) is 101 Å². The van der Waals surface area contributed by atoms with Gasteiger partial charge in [0, 0.05) is 24.1 Å². The molecule has 2 N–H and O–H groups in total. The van der Waals surface area contributed by atoms with Crippen molar-refractivity contribution in [2.45, 2.75) is 36.6 Å². The van der Waals surface area contributed by atoms with Gasteiger partial charge in [0.25, 0.3) is 5.91 Å². The Bertz CT molecular complexity index is 1020. The molecule has 1 saturated carbocycles. The van der Waals surface area contributed by atoms with Crippen LogP contribution in [0.3, 0.4) is 0 Å². The average molecular weight is 439 g/mol. The van der Waals surface area contributed by atoms with Gasteiger partial charge in [0.15, 0.2) is 15.7 Å². The summed E-state index contributed by atoms with van der Waals surface area (Å²) in [6.45, 7) is 0.159. The first-order chi connectivity index (χ1) is 14.2. The molecule has 2 unspecified atom stereocenters. The summed E-state index contributed by atoms with van der Waals surface area (Å²) < 4.78 is 52.1. The van der Waals surface area contributed by atoms with Crippen molar-refractivity contribution in [3.63, 3.8) is 0 Å². The molecule has 0 aliphatic heterocycles. The Labute approximate surface area is 173 Å². The lowest BCUT2D eigenvalue weighted by Crippen LogP contribution is -2.16. The SMILES string of the molecule is CS(=O)(=O)c1ccc(/C(=C\C2CC(F)C(F)C2)C(=O)Nc2ccn(CCO)n2)cc1. The Morgan fingerprint density at radius 3 is 2.43 bits per heavy atom. The summed E-state index contributed by atoms with van der Waals surface area (Å²) in [6, 6.07) is 7.29. The lowest BCUT2D eigenvalue weighted by molar-refractivity contribution is -0.111. The van der Waals surface area contributed by atoms with Crippen LogP contribution in [0, 0.1) is 5.92 Å². The Kier molecular flexibility index (Phi) is 6.67. The van der Waals surface area contributed by atoms with E-state index < -0.39 is 34.0 Å². The van der Waals surface area contributed by atoms with Crippen LogP contribution in [-0.2, 0) is 21.2 Å². The largest absolute Gasteiger partial charge is 0.394 e. The van der Waals surface area contributed by atoms with Gasteiger partial charge < -0.3 is 10.4 Å². The summed E-state index contributed by atoms with van der Waals surface area (Å²) >= 11 is 0. The van der Waals surface area contributed by atoms with Crippen molar-refractivity contribution in [3.05, 3.63) is 48.2 Å². The van der Waals surface area contributed by atoms with E-state index in [-0.39, 0.29) is 42.3 Å². The number of aliphatic hydroxyl groups excluding tert-OH is 1. The highest BCUT2D eigenvalue weighted by Crippen LogP contribution is 2.34. The second-order valence-corrected chi connectivity index (χ2v) is 9.30. The van der Waals surface area contributed by atoms with E-state index in [1.807, 2.05) is 0 Å². The lowest BCUT2D eigenvalue weighted by Gasteiger charge is -2.11. The van der Waals surface area contributed by atoms with Crippen LogP contribution in [0.4, 0.5) is 14.6 Å². The molecule has 1 aliphatic rings. The summed E-state index contributed by atoms with van der Waals surface area (Å²) in [6.07, 6.45) is 1.01. The number of rotatable bonds is 7. The molecule has 1 heterocycles. The highest BCUT2D eigenvalue weighted by atomic mass is 32.2. The van der Waals surface area contributed by atoms with Crippen molar-refractivity contribution in [3.8, 4) is 0 Å². The van der Waals surface area contributed by atoms with Crippen molar-refractivity contribution in [1.82, 2.24) is 9.78 Å². The van der Waals surface area contributed by atoms with Crippen LogP contribution < -0.4 is 5.32 Å². The number of sulfone groups is 1. The number of aliphatic hydroxyl groups is 1. The predicted octanol–water partition coefficient (Wildman–Crippen LogP) is 2.39.